The zero-order chi connectivity index (χ0) is 27.8. The predicted octanol–water partition coefficient (Wildman–Crippen LogP) is 4.35. The number of rotatable bonds is 9. The SMILES string of the molecule is O=C(Cc1c(O)c(CC(=O)Nc2ccccc2)c(O)c(CC(=O)Nc2ccccc2)c1O)Nc1ccccc1. The fraction of sp³-hybridized carbons (Fsp3) is 0.100. The van der Waals surface area contributed by atoms with Gasteiger partial charge >= 0.3 is 0 Å². The van der Waals surface area contributed by atoms with Crippen LogP contribution in [0, 0.1) is 0 Å². The minimum absolute atomic E-state index is 0.216. The van der Waals surface area contributed by atoms with E-state index in [2.05, 4.69) is 16.0 Å². The van der Waals surface area contributed by atoms with E-state index < -0.39 is 54.2 Å². The van der Waals surface area contributed by atoms with Crippen LogP contribution in [0.2, 0.25) is 0 Å². The molecule has 6 N–H and O–H groups in total. The second kappa shape index (κ2) is 12.3. The lowest BCUT2D eigenvalue weighted by Crippen LogP contribution is -2.19. The Kier molecular flexibility index (Phi) is 8.43. The summed E-state index contributed by atoms with van der Waals surface area (Å²) >= 11 is 0. The average Bonchev–Trinajstić information content (AvgIpc) is 2.93. The molecular weight excluding hydrogens is 498 g/mol. The molecule has 9 heteroatoms. The van der Waals surface area contributed by atoms with E-state index in [4.69, 9.17) is 0 Å². The third kappa shape index (κ3) is 6.92. The molecule has 0 aliphatic heterocycles. The molecule has 4 rings (SSSR count). The summed E-state index contributed by atoms with van der Waals surface area (Å²) in [7, 11) is 0. The van der Waals surface area contributed by atoms with Crippen molar-refractivity contribution in [2.75, 3.05) is 16.0 Å². The molecule has 0 heterocycles. The van der Waals surface area contributed by atoms with Gasteiger partial charge in [0, 0.05) is 33.8 Å². The molecule has 198 valence electrons. The molecule has 0 bridgehead atoms. The number of hydrogen-bond donors (Lipinski definition) is 6. The number of anilines is 3. The summed E-state index contributed by atoms with van der Waals surface area (Å²) in [5.74, 6) is -3.50. The Bertz CT molecular complexity index is 1270. The molecule has 0 saturated carbocycles. The molecule has 0 aromatic heterocycles. The maximum Gasteiger partial charge on any atom is 0.229 e. The lowest BCUT2D eigenvalue weighted by atomic mass is 9.94. The zero-order valence-electron chi connectivity index (χ0n) is 20.8. The summed E-state index contributed by atoms with van der Waals surface area (Å²) in [6, 6.07) is 25.8. The molecule has 9 nitrogen and oxygen atoms in total. The monoisotopic (exact) mass is 525 g/mol. The number of phenols is 3. The highest BCUT2D eigenvalue weighted by Crippen LogP contribution is 2.43. The highest BCUT2D eigenvalue weighted by molar-refractivity contribution is 5.97. The van der Waals surface area contributed by atoms with Crippen LogP contribution in [0.5, 0.6) is 17.2 Å². The lowest BCUT2D eigenvalue weighted by molar-refractivity contribution is -0.116. The highest BCUT2D eigenvalue weighted by Gasteiger charge is 2.27. The van der Waals surface area contributed by atoms with Crippen molar-refractivity contribution in [3.05, 3.63) is 108 Å². The fourth-order valence-corrected chi connectivity index (χ4v) is 4.05. The van der Waals surface area contributed by atoms with Crippen molar-refractivity contribution < 1.29 is 29.7 Å². The van der Waals surface area contributed by atoms with Gasteiger partial charge in [0.2, 0.25) is 17.7 Å². The second-order valence-electron chi connectivity index (χ2n) is 8.75. The Labute approximate surface area is 224 Å². The van der Waals surface area contributed by atoms with Crippen LogP contribution in [0.4, 0.5) is 17.1 Å². The molecular formula is C30H27N3O6. The predicted molar refractivity (Wildman–Crippen MR) is 148 cm³/mol. The van der Waals surface area contributed by atoms with Crippen LogP contribution in [-0.4, -0.2) is 33.0 Å². The number of para-hydroxylation sites is 3. The Morgan fingerprint density at radius 2 is 0.667 bits per heavy atom. The van der Waals surface area contributed by atoms with Gasteiger partial charge in [-0.2, -0.15) is 0 Å². The van der Waals surface area contributed by atoms with Gasteiger partial charge in [-0.25, -0.2) is 0 Å². The Hall–Kier alpha value is -5.31. The van der Waals surface area contributed by atoms with E-state index in [-0.39, 0.29) is 16.7 Å². The van der Waals surface area contributed by atoms with Gasteiger partial charge in [-0.1, -0.05) is 54.6 Å². The molecule has 0 aliphatic carbocycles. The number of amides is 3. The average molecular weight is 526 g/mol. The minimum Gasteiger partial charge on any atom is -0.507 e. The minimum atomic E-state index is -0.608. The van der Waals surface area contributed by atoms with Crippen molar-refractivity contribution in [1.29, 1.82) is 0 Å². The van der Waals surface area contributed by atoms with Crippen molar-refractivity contribution in [2.24, 2.45) is 0 Å². The highest BCUT2D eigenvalue weighted by atomic mass is 16.3. The summed E-state index contributed by atoms with van der Waals surface area (Å²) in [5.41, 5.74) is 0.865. The quantitative estimate of drug-likeness (QED) is 0.191. The largest absolute Gasteiger partial charge is 0.507 e. The zero-order valence-corrected chi connectivity index (χ0v) is 20.8. The first kappa shape index (κ1) is 26.7. The van der Waals surface area contributed by atoms with Gasteiger partial charge in [0.1, 0.15) is 17.2 Å². The van der Waals surface area contributed by atoms with Crippen LogP contribution in [0.25, 0.3) is 0 Å². The molecule has 0 atom stereocenters. The van der Waals surface area contributed by atoms with Crippen LogP contribution in [0.15, 0.2) is 91.0 Å². The summed E-state index contributed by atoms with van der Waals surface area (Å²) in [6.45, 7) is 0. The van der Waals surface area contributed by atoms with E-state index >= 15 is 0 Å². The summed E-state index contributed by atoms with van der Waals surface area (Å²) in [4.78, 5) is 38.3. The fourth-order valence-electron chi connectivity index (χ4n) is 4.05. The first-order valence-corrected chi connectivity index (χ1v) is 12.1. The molecule has 0 unspecified atom stereocenters. The van der Waals surface area contributed by atoms with Gasteiger partial charge < -0.3 is 31.3 Å². The van der Waals surface area contributed by atoms with E-state index in [9.17, 15) is 29.7 Å². The van der Waals surface area contributed by atoms with Crippen molar-refractivity contribution >= 4 is 34.8 Å². The standard InChI is InChI=1S/C30H27N3O6/c34-25(31-19-10-4-1-5-11-19)16-22-28(37)23(17-26(35)32-20-12-6-2-7-13-20)30(39)24(29(22)38)18-27(36)33-21-14-8-3-9-15-21/h1-15,37-39H,16-18H2,(H,31,34)(H,32,35)(H,33,36). The molecule has 0 radical (unpaired) electrons. The Morgan fingerprint density at radius 3 is 0.897 bits per heavy atom. The number of carbonyl (C=O) groups excluding carboxylic acids is 3. The smallest absolute Gasteiger partial charge is 0.229 e. The molecule has 0 saturated heterocycles. The van der Waals surface area contributed by atoms with Crippen molar-refractivity contribution in [3.63, 3.8) is 0 Å². The van der Waals surface area contributed by atoms with Crippen LogP contribution >= 0.6 is 0 Å². The summed E-state index contributed by atoms with van der Waals surface area (Å²) in [5, 5.41) is 41.0. The molecule has 4 aromatic rings. The van der Waals surface area contributed by atoms with Gasteiger partial charge in [-0.15, -0.1) is 0 Å². The molecule has 3 amide bonds. The molecule has 39 heavy (non-hydrogen) atoms. The normalized spacial score (nSPS) is 10.5. The van der Waals surface area contributed by atoms with Crippen molar-refractivity contribution in [3.8, 4) is 17.2 Å². The van der Waals surface area contributed by atoms with Crippen LogP contribution < -0.4 is 16.0 Å². The summed E-state index contributed by atoms with van der Waals surface area (Å²) in [6.07, 6.45) is -1.44. The van der Waals surface area contributed by atoms with Gasteiger partial charge in [-0.05, 0) is 36.4 Å². The number of carbonyl (C=O) groups is 3. The van der Waals surface area contributed by atoms with Gasteiger partial charge in [0.25, 0.3) is 0 Å². The van der Waals surface area contributed by atoms with E-state index in [1.165, 1.54) is 0 Å². The third-order valence-electron chi connectivity index (χ3n) is 5.90. The second-order valence-corrected chi connectivity index (χ2v) is 8.75. The first-order valence-electron chi connectivity index (χ1n) is 12.1. The van der Waals surface area contributed by atoms with Crippen molar-refractivity contribution in [1.82, 2.24) is 0 Å². The number of nitrogens with one attached hydrogen (secondary N) is 3. The van der Waals surface area contributed by atoms with Gasteiger partial charge in [-0.3, -0.25) is 14.4 Å². The molecule has 4 aromatic carbocycles. The Balaban J connectivity index is 1.65. The lowest BCUT2D eigenvalue weighted by Gasteiger charge is -2.18. The van der Waals surface area contributed by atoms with Gasteiger partial charge in [0.05, 0.1) is 19.3 Å². The maximum atomic E-state index is 12.8. The third-order valence-corrected chi connectivity index (χ3v) is 5.90. The molecule has 0 aliphatic rings. The Morgan fingerprint density at radius 1 is 0.436 bits per heavy atom. The van der Waals surface area contributed by atoms with Crippen LogP contribution in [-0.2, 0) is 33.6 Å². The molecule has 0 fully saturated rings. The van der Waals surface area contributed by atoms with Crippen LogP contribution in [0.3, 0.4) is 0 Å². The van der Waals surface area contributed by atoms with E-state index in [1.54, 1.807) is 91.0 Å². The van der Waals surface area contributed by atoms with E-state index in [0.717, 1.165) is 0 Å². The van der Waals surface area contributed by atoms with Gasteiger partial charge in [0.15, 0.2) is 0 Å². The number of aromatic hydroxyl groups is 3. The maximum absolute atomic E-state index is 12.8. The summed E-state index contributed by atoms with van der Waals surface area (Å²) < 4.78 is 0. The topological polar surface area (TPSA) is 148 Å². The van der Waals surface area contributed by atoms with E-state index in [1.807, 2.05) is 0 Å². The van der Waals surface area contributed by atoms with Crippen molar-refractivity contribution in [2.45, 2.75) is 19.3 Å². The number of benzene rings is 4. The number of phenolic OH excluding ortho intramolecular Hbond substituents is 3. The first-order chi connectivity index (χ1) is 18.8. The molecule has 0 spiro atoms. The van der Waals surface area contributed by atoms with E-state index in [0.29, 0.717) is 17.1 Å². The van der Waals surface area contributed by atoms with Crippen LogP contribution in [0.1, 0.15) is 16.7 Å². The number of hydrogen-bond acceptors (Lipinski definition) is 6.